The van der Waals surface area contributed by atoms with Gasteiger partial charge < -0.3 is 15.0 Å². The average Bonchev–Trinajstić information content (AvgIpc) is 2.89. The molecule has 2 aromatic carbocycles. The number of carbonyl (C=O) groups excluding carboxylic acids is 2. The summed E-state index contributed by atoms with van der Waals surface area (Å²) in [4.78, 5) is 35.4. The minimum atomic E-state index is -0.376. The van der Waals surface area contributed by atoms with Gasteiger partial charge in [0.15, 0.2) is 5.16 Å². The third kappa shape index (κ3) is 7.29. The van der Waals surface area contributed by atoms with Gasteiger partial charge in [-0.15, -0.1) is 0 Å². The number of carbonyl (C=O) groups is 2. The van der Waals surface area contributed by atoms with E-state index in [0.29, 0.717) is 28.9 Å². The molecule has 1 aliphatic rings. The topological polar surface area (TPSA) is 84.4 Å². The van der Waals surface area contributed by atoms with Crippen LogP contribution in [0.5, 0.6) is 0 Å². The molecule has 7 nitrogen and oxygen atoms in total. The van der Waals surface area contributed by atoms with Crippen LogP contribution < -0.4 is 10.2 Å². The molecule has 0 unspecified atom stereocenters. The lowest BCUT2D eigenvalue weighted by Gasteiger charge is -2.33. The molecule has 35 heavy (non-hydrogen) atoms. The maximum atomic E-state index is 12.4. The number of nitrogens with zero attached hydrogens (tertiary/aromatic N) is 3. The van der Waals surface area contributed by atoms with E-state index in [9.17, 15) is 9.59 Å². The lowest BCUT2D eigenvalue weighted by Crippen LogP contribution is -2.35. The largest absolute Gasteiger partial charge is 0.462 e. The standard InChI is InChI=1S/C27H30N4O3S/c1-2-34-26(33)22-8-10-23(11-9-22)29-25(32)19-35-27-28-15-12-24(30-27)31-16-13-21(14-17-31)18-20-6-4-3-5-7-20/h3-12,15,21H,2,13-14,16-19H2,1H3,(H,29,32). The van der Waals surface area contributed by atoms with Crippen molar-refractivity contribution in [3.8, 4) is 0 Å². The zero-order valence-corrected chi connectivity index (χ0v) is 20.7. The second-order valence-electron chi connectivity index (χ2n) is 8.45. The second-order valence-corrected chi connectivity index (χ2v) is 9.39. The highest BCUT2D eigenvalue weighted by Crippen LogP contribution is 2.26. The van der Waals surface area contributed by atoms with Gasteiger partial charge in [-0.2, -0.15) is 0 Å². The Hall–Kier alpha value is -3.39. The normalized spacial score (nSPS) is 13.9. The van der Waals surface area contributed by atoms with Gasteiger partial charge in [-0.05, 0) is 68.0 Å². The van der Waals surface area contributed by atoms with Crippen LogP contribution in [0.2, 0.25) is 0 Å². The summed E-state index contributed by atoms with van der Waals surface area (Å²) in [6.07, 6.45) is 5.16. The molecule has 1 saturated heterocycles. The summed E-state index contributed by atoms with van der Waals surface area (Å²) in [5.74, 6) is 1.27. The number of hydrogen-bond donors (Lipinski definition) is 1. The Kier molecular flexibility index (Phi) is 8.73. The first-order valence-electron chi connectivity index (χ1n) is 11.9. The van der Waals surface area contributed by atoms with Gasteiger partial charge in [0.2, 0.25) is 5.91 Å². The van der Waals surface area contributed by atoms with Gasteiger partial charge in [0.1, 0.15) is 5.82 Å². The molecule has 0 radical (unpaired) electrons. The molecule has 1 N–H and O–H groups in total. The Labute approximate surface area is 210 Å². The van der Waals surface area contributed by atoms with Gasteiger partial charge in [-0.1, -0.05) is 42.1 Å². The lowest BCUT2D eigenvalue weighted by molar-refractivity contribution is -0.113. The summed E-state index contributed by atoms with van der Waals surface area (Å²) in [6.45, 7) is 4.03. The van der Waals surface area contributed by atoms with Gasteiger partial charge in [-0.25, -0.2) is 14.8 Å². The molecule has 0 atom stereocenters. The molecule has 1 fully saturated rings. The molecular formula is C27H30N4O3S. The third-order valence-electron chi connectivity index (χ3n) is 5.94. The predicted molar refractivity (Wildman–Crippen MR) is 139 cm³/mol. The molecule has 1 aromatic heterocycles. The maximum Gasteiger partial charge on any atom is 0.338 e. The van der Waals surface area contributed by atoms with Crippen LogP contribution in [0.4, 0.5) is 11.5 Å². The number of anilines is 2. The molecule has 1 amide bonds. The Morgan fingerprint density at radius 1 is 1.06 bits per heavy atom. The molecular weight excluding hydrogens is 460 g/mol. The summed E-state index contributed by atoms with van der Waals surface area (Å²) in [6, 6.07) is 19.3. The molecule has 4 rings (SSSR count). The van der Waals surface area contributed by atoms with E-state index in [1.54, 1.807) is 37.4 Å². The highest BCUT2D eigenvalue weighted by Gasteiger charge is 2.21. The van der Waals surface area contributed by atoms with Crippen LogP contribution in [0.1, 0.15) is 35.7 Å². The van der Waals surface area contributed by atoms with Crippen molar-refractivity contribution in [2.45, 2.75) is 31.3 Å². The van der Waals surface area contributed by atoms with E-state index in [-0.39, 0.29) is 17.6 Å². The van der Waals surface area contributed by atoms with Crippen LogP contribution in [-0.2, 0) is 16.0 Å². The Morgan fingerprint density at radius 2 is 1.80 bits per heavy atom. The molecule has 1 aliphatic heterocycles. The van der Waals surface area contributed by atoms with Crippen molar-refractivity contribution in [1.82, 2.24) is 9.97 Å². The maximum absolute atomic E-state index is 12.4. The number of amides is 1. The number of hydrogen-bond acceptors (Lipinski definition) is 7. The minimum absolute atomic E-state index is 0.158. The van der Waals surface area contributed by atoms with E-state index >= 15 is 0 Å². The number of thioether (sulfide) groups is 1. The van der Waals surface area contributed by atoms with Crippen LogP contribution in [0.15, 0.2) is 72.0 Å². The Morgan fingerprint density at radius 3 is 2.51 bits per heavy atom. The fraction of sp³-hybridized carbons (Fsp3) is 0.333. The van der Waals surface area contributed by atoms with Crippen LogP contribution in [0.25, 0.3) is 0 Å². The van der Waals surface area contributed by atoms with E-state index in [4.69, 9.17) is 4.74 Å². The first-order chi connectivity index (χ1) is 17.1. The van der Waals surface area contributed by atoms with Gasteiger partial charge in [0.05, 0.1) is 17.9 Å². The van der Waals surface area contributed by atoms with Crippen LogP contribution >= 0.6 is 11.8 Å². The van der Waals surface area contributed by atoms with E-state index in [2.05, 4.69) is 50.5 Å². The number of esters is 1. The number of rotatable bonds is 9. The highest BCUT2D eigenvalue weighted by atomic mass is 32.2. The molecule has 2 heterocycles. The third-order valence-corrected chi connectivity index (χ3v) is 6.80. The molecule has 8 heteroatoms. The number of nitrogens with one attached hydrogen (secondary N) is 1. The number of ether oxygens (including phenoxy) is 1. The summed E-state index contributed by atoms with van der Waals surface area (Å²) in [7, 11) is 0. The van der Waals surface area contributed by atoms with Crippen molar-refractivity contribution in [1.29, 1.82) is 0 Å². The Balaban J connectivity index is 1.24. The minimum Gasteiger partial charge on any atom is -0.462 e. The highest BCUT2D eigenvalue weighted by molar-refractivity contribution is 7.99. The Bertz CT molecular complexity index is 1120. The molecule has 0 aliphatic carbocycles. The smallest absolute Gasteiger partial charge is 0.338 e. The monoisotopic (exact) mass is 490 g/mol. The molecule has 3 aromatic rings. The molecule has 0 spiro atoms. The van der Waals surface area contributed by atoms with E-state index in [0.717, 1.165) is 38.2 Å². The molecule has 0 saturated carbocycles. The molecule has 0 bridgehead atoms. The quantitative estimate of drug-likeness (QED) is 0.261. The zero-order chi connectivity index (χ0) is 24.5. The van der Waals surface area contributed by atoms with Crippen molar-refractivity contribution in [2.75, 3.05) is 35.7 Å². The summed E-state index contributed by atoms with van der Waals surface area (Å²) < 4.78 is 4.97. The summed E-state index contributed by atoms with van der Waals surface area (Å²) in [5, 5.41) is 3.42. The van der Waals surface area contributed by atoms with Crippen molar-refractivity contribution < 1.29 is 14.3 Å². The summed E-state index contributed by atoms with van der Waals surface area (Å²) >= 11 is 1.31. The van der Waals surface area contributed by atoms with Gasteiger partial charge >= 0.3 is 5.97 Å². The summed E-state index contributed by atoms with van der Waals surface area (Å²) in [5.41, 5.74) is 2.48. The van der Waals surface area contributed by atoms with Crippen molar-refractivity contribution in [3.63, 3.8) is 0 Å². The first kappa shape index (κ1) is 24.7. The van der Waals surface area contributed by atoms with Crippen LogP contribution in [0.3, 0.4) is 0 Å². The molecule has 182 valence electrons. The number of aromatic nitrogens is 2. The van der Waals surface area contributed by atoms with E-state index < -0.39 is 0 Å². The van der Waals surface area contributed by atoms with Crippen molar-refractivity contribution in [2.24, 2.45) is 5.92 Å². The average molecular weight is 491 g/mol. The van der Waals surface area contributed by atoms with Crippen LogP contribution in [-0.4, -0.2) is 47.3 Å². The predicted octanol–water partition coefficient (Wildman–Crippen LogP) is 4.84. The van der Waals surface area contributed by atoms with Gasteiger partial charge in [-0.3, -0.25) is 4.79 Å². The number of piperidine rings is 1. The van der Waals surface area contributed by atoms with Crippen LogP contribution in [0, 0.1) is 5.92 Å². The van der Waals surface area contributed by atoms with Gasteiger partial charge in [0, 0.05) is 25.0 Å². The van der Waals surface area contributed by atoms with Crippen molar-refractivity contribution in [3.05, 3.63) is 78.0 Å². The lowest BCUT2D eigenvalue weighted by atomic mass is 9.90. The zero-order valence-electron chi connectivity index (χ0n) is 19.9. The SMILES string of the molecule is CCOC(=O)c1ccc(NC(=O)CSc2nccc(N3CCC(Cc4ccccc4)CC3)n2)cc1. The fourth-order valence-corrected chi connectivity index (χ4v) is 4.75. The van der Waals surface area contributed by atoms with E-state index in [1.165, 1.54) is 17.3 Å². The second kappa shape index (κ2) is 12.4. The number of benzene rings is 2. The fourth-order valence-electron chi connectivity index (χ4n) is 4.12. The first-order valence-corrected chi connectivity index (χ1v) is 12.9. The van der Waals surface area contributed by atoms with Gasteiger partial charge in [0.25, 0.3) is 0 Å². The van der Waals surface area contributed by atoms with Crippen molar-refractivity contribution >= 4 is 35.1 Å². The van der Waals surface area contributed by atoms with E-state index in [1.807, 2.05) is 6.07 Å².